The first-order valence-corrected chi connectivity index (χ1v) is 6.19. The molecule has 18 heavy (non-hydrogen) atoms. The van der Waals surface area contributed by atoms with Crippen LogP contribution in [0.25, 0.3) is 11.1 Å². The molecule has 3 rings (SSSR count). The Hall–Kier alpha value is -1.87. The number of benzene rings is 1. The van der Waals surface area contributed by atoms with E-state index in [-0.39, 0.29) is 0 Å². The molecule has 0 aliphatic carbocycles. The molecule has 0 saturated carbocycles. The number of nitrogens with zero attached hydrogens (tertiary/aromatic N) is 1. The van der Waals surface area contributed by atoms with E-state index >= 15 is 0 Å². The highest BCUT2D eigenvalue weighted by Crippen LogP contribution is 2.34. The topological polar surface area (TPSA) is 48.1 Å². The van der Waals surface area contributed by atoms with Crippen LogP contribution in [0, 0.1) is 6.92 Å². The van der Waals surface area contributed by atoms with Gasteiger partial charge in [0.25, 0.3) is 0 Å². The molecular weight excluding hydrogens is 224 g/mol. The van der Waals surface area contributed by atoms with E-state index in [1.165, 1.54) is 11.1 Å². The van der Waals surface area contributed by atoms with Gasteiger partial charge in [-0.1, -0.05) is 6.07 Å². The van der Waals surface area contributed by atoms with Crippen molar-refractivity contribution in [2.45, 2.75) is 19.9 Å². The molecule has 0 bridgehead atoms. The number of nitrogens with two attached hydrogens (primary N) is 1. The van der Waals surface area contributed by atoms with Crippen LogP contribution in [0.15, 0.2) is 30.5 Å². The van der Waals surface area contributed by atoms with E-state index < -0.39 is 0 Å². The summed E-state index contributed by atoms with van der Waals surface area (Å²) in [6.45, 7) is 3.26. The molecule has 2 heterocycles. The van der Waals surface area contributed by atoms with Crippen LogP contribution in [0.1, 0.15) is 16.8 Å². The van der Waals surface area contributed by atoms with E-state index in [1.54, 1.807) is 0 Å². The zero-order chi connectivity index (χ0) is 12.5. The highest BCUT2D eigenvalue weighted by molar-refractivity contribution is 5.67. The summed E-state index contributed by atoms with van der Waals surface area (Å²) in [5, 5.41) is 0. The molecule has 0 unspecified atom stereocenters. The molecule has 3 nitrogen and oxygen atoms in total. The lowest BCUT2D eigenvalue weighted by molar-refractivity contribution is 0.353. The van der Waals surface area contributed by atoms with Crippen molar-refractivity contribution < 1.29 is 4.74 Å². The fraction of sp³-hybridized carbons (Fsp3) is 0.267. The Morgan fingerprint density at radius 3 is 2.89 bits per heavy atom. The van der Waals surface area contributed by atoms with Gasteiger partial charge in [-0.25, -0.2) is 0 Å². The maximum absolute atomic E-state index is 5.80. The van der Waals surface area contributed by atoms with Gasteiger partial charge >= 0.3 is 0 Å². The summed E-state index contributed by atoms with van der Waals surface area (Å²) < 4.78 is 5.63. The maximum Gasteiger partial charge on any atom is 0.127 e. The summed E-state index contributed by atoms with van der Waals surface area (Å²) in [5.74, 6) is 0.987. The minimum absolute atomic E-state index is 0.509. The number of fused-ring (bicyclic) bond motifs is 1. The van der Waals surface area contributed by atoms with Crippen molar-refractivity contribution in [3.05, 3.63) is 47.3 Å². The second-order valence-corrected chi connectivity index (χ2v) is 4.61. The van der Waals surface area contributed by atoms with Crippen molar-refractivity contribution in [3.63, 3.8) is 0 Å². The van der Waals surface area contributed by atoms with Gasteiger partial charge in [0.15, 0.2) is 0 Å². The molecule has 0 radical (unpaired) electrons. The van der Waals surface area contributed by atoms with E-state index in [0.29, 0.717) is 6.54 Å². The van der Waals surface area contributed by atoms with Crippen LogP contribution in [0.2, 0.25) is 0 Å². The molecule has 3 heteroatoms. The molecule has 2 N–H and O–H groups in total. The lowest BCUT2D eigenvalue weighted by Gasteiger charge is -2.09. The number of hydrogen-bond donors (Lipinski definition) is 1. The number of pyridine rings is 1. The summed E-state index contributed by atoms with van der Waals surface area (Å²) in [4.78, 5) is 4.34. The smallest absolute Gasteiger partial charge is 0.127 e. The third kappa shape index (κ3) is 1.87. The van der Waals surface area contributed by atoms with Crippen LogP contribution < -0.4 is 10.5 Å². The average Bonchev–Trinajstić information content (AvgIpc) is 2.86. The Balaban J connectivity index is 2.10. The summed E-state index contributed by atoms with van der Waals surface area (Å²) in [6, 6.07) is 8.42. The van der Waals surface area contributed by atoms with Gasteiger partial charge in [0.05, 0.1) is 6.61 Å². The Morgan fingerprint density at radius 2 is 2.17 bits per heavy atom. The summed E-state index contributed by atoms with van der Waals surface area (Å²) >= 11 is 0. The average molecular weight is 240 g/mol. The Bertz CT molecular complexity index is 576. The van der Waals surface area contributed by atoms with Crippen molar-refractivity contribution in [2.75, 3.05) is 6.61 Å². The third-order valence-corrected chi connectivity index (χ3v) is 3.33. The van der Waals surface area contributed by atoms with E-state index in [0.717, 1.165) is 35.6 Å². The molecule has 92 valence electrons. The second-order valence-electron chi connectivity index (χ2n) is 4.61. The molecule has 0 saturated heterocycles. The van der Waals surface area contributed by atoms with Crippen LogP contribution in [-0.2, 0) is 13.0 Å². The monoisotopic (exact) mass is 240 g/mol. The molecule has 1 aromatic heterocycles. The fourth-order valence-corrected chi connectivity index (χ4v) is 2.35. The van der Waals surface area contributed by atoms with Gasteiger partial charge in [-0.15, -0.1) is 0 Å². The van der Waals surface area contributed by atoms with Crippen molar-refractivity contribution in [3.8, 4) is 16.9 Å². The summed E-state index contributed by atoms with van der Waals surface area (Å²) in [6.07, 6.45) is 2.88. The fourth-order valence-electron chi connectivity index (χ4n) is 2.35. The van der Waals surface area contributed by atoms with Gasteiger partial charge in [0, 0.05) is 36.0 Å². The van der Waals surface area contributed by atoms with Crippen LogP contribution in [0.3, 0.4) is 0 Å². The standard InChI is InChI=1S/C15H16N2O/c1-10-2-3-12(9-17-10)13-6-11-4-5-18-15(11)14(7-13)8-16/h2-3,6-7,9H,4-5,8,16H2,1H3. The molecular formula is C15H16N2O. The molecule has 0 spiro atoms. The molecule has 2 aromatic rings. The second kappa shape index (κ2) is 4.42. The SMILES string of the molecule is Cc1ccc(-c2cc(CN)c3c(c2)CCO3)cn1. The molecule has 1 aromatic carbocycles. The van der Waals surface area contributed by atoms with Crippen molar-refractivity contribution in [2.24, 2.45) is 5.73 Å². The summed E-state index contributed by atoms with van der Waals surface area (Å²) in [7, 11) is 0. The third-order valence-electron chi connectivity index (χ3n) is 3.33. The normalized spacial score (nSPS) is 13.2. The number of aromatic nitrogens is 1. The van der Waals surface area contributed by atoms with Crippen LogP contribution in [0.5, 0.6) is 5.75 Å². The van der Waals surface area contributed by atoms with Gasteiger partial charge < -0.3 is 10.5 Å². The van der Waals surface area contributed by atoms with E-state index in [1.807, 2.05) is 19.2 Å². The molecule has 0 fully saturated rings. The lowest BCUT2D eigenvalue weighted by Crippen LogP contribution is -2.00. The Labute approximate surface area is 107 Å². The zero-order valence-corrected chi connectivity index (χ0v) is 10.4. The minimum Gasteiger partial charge on any atom is -0.493 e. The van der Waals surface area contributed by atoms with E-state index in [2.05, 4.69) is 23.2 Å². The summed E-state index contributed by atoms with van der Waals surface area (Å²) in [5.41, 5.74) is 11.5. The highest BCUT2D eigenvalue weighted by Gasteiger charge is 2.17. The number of ether oxygens (including phenoxy) is 1. The van der Waals surface area contributed by atoms with Crippen molar-refractivity contribution in [1.82, 2.24) is 4.98 Å². The van der Waals surface area contributed by atoms with Gasteiger partial charge in [-0.2, -0.15) is 0 Å². The highest BCUT2D eigenvalue weighted by atomic mass is 16.5. The molecule has 0 amide bonds. The van der Waals surface area contributed by atoms with Crippen LogP contribution in [0.4, 0.5) is 0 Å². The Morgan fingerprint density at radius 1 is 1.28 bits per heavy atom. The van der Waals surface area contributed by atoms with E-state index in [4.69, 9.17) is 10.5 Å². The largest absolute Gasteiger partial charge is 0.493 e. The van der Waals surface area contributed by atoms with Crippen LogP contribution in [-0.4, -0.2) is 11.6 Å². The number of hydrogen-bond acceptors (Lipinski definition) is 3. The first kappa shape index (κ1) is 11.2. The van der Waals surface area contributed by atoms with Gasteiger partial charge in [0.2, 0.25) is 0 Å². The predicted octanol–water partition coefficient (Wildman–Crippen LogP) is 2.45. The van der Waals surface area contributed by atoms with Gasteiger partial charge in [-0.05, 0) is 36.2 Å². The quantitative estimate of drug-likeness (QED) is 0.877. The maximum atomic E-state index is 5.80. The van der Waals surface area contributed by atoms with Gasteiger partial charge in [-0.3, -0.25) is 4.98 Å². The molecule has 1 aliphatic rings. The first-order valence-electron chi connectivity index (χ1n) is 6.19. The number of aryl methyl sites for hydroxylation is 1. The van der Waals surface area contributed by atoms with Crippen molar-refractivity contribution in [1.29, 1.82) is 0 Å². The lowest BCUT2D eigenvalue weighted by atomic mass is 9.99. The predicted molar refractivity (Wildman–Crippen MR) is 71.5 cm³/mol. The first-order chi connectivity index (χ1) is 8.78. The minimum atomic E-state index is 0.509. The van der Waals surface area contributed by atoms with E-state index in [9.17, 15) is 0 Å². The zero-order valence-electron chi connectivity index (χ0n) is 10.4. The Kier molecular flexibility index (Phi) is 2.76. The molecule has 1 aliphatic heterocycles. The van der Waals surface area contributed by atoms with Crippen molar-refractivity contribution >= 4 is 0 Å². The number of rotatable bonds is 2. The van der Waals surface area contributed by atoms with Crippen LogP contribution >= 0.6 is 0 Å². The van der Waals surface area contributed by atoms with Gasteiger partial charge in [0.1, 0.15) is 5.75 Å². The molecule has 0 atom stereocenters.